The third-order valence-corrected chi connectivity index (χ3v) is 7.82. The van der Waals surface area contributed by atoms with Gasteiger partial charge >= 0.3 is 0 Å². The lowest BCUT2D eigenvalue weighted by atomic mass is 10.1. The highest BCUT2D eigenvalue weighted by molar-refractivity contribution is 7.93. The Hall–Kier alpha value is -3.39. The summed E-state index contributed by atoms with van der Waals surface area (Å²) < 4.78 is 47.6. The molecule has 13 nitrogen and oxygen atoms in total. The number of hydrogen-bond donors (Lipinski definition) is 1. The lowest BCUT2D eigenvalue weighted by Gasteiger charge is -2.21. The van der Waals surface area contributed by atoms with Gasteiger partial charge in [-0.2, -0.15) is 9.97 Å². The van der Waals surface area contributed by atoms with Crippen molar-refractivity contribution in [3.8, 4) is 17.4 Å². The summed E-state index contributed by atoms with van der Waals surface area (Å²) in [6.07, 6.45) is 5.62. The van der Waals surface area contributed by atoms with Crippen LogP contribution in [0.25, 0.3) is 5.69 Å². The highest BCUT2D eigenvalue weighted by Crippen LogP contribution is 2.37. The van der Waals surface area contributed by atoms with Crippen LogP contribution in [0.15, 0.2) is 18.7 Å². The van der Waals surface area contributed by atoms with Crippen LogP contribution in [-0.4, -0.2) is 69.2 Å². The molecule has 35 heavy (non-hydrogen) atoms. The zero-order valence-electron chi connectivity index (χ0n) is 20.2. The Kier molecular flexibility index (Phi) is 7.12. The van der Waals surface area contributed by atoms with E-state index in [0.717, 1.165) is 12.1 Å². The molecule has 3 atom stereocenters. The third-order valence-electron chi connectivity index (χ3n) is 5.97. The van der Waals surface area contributed by atoms with Gasteiger partial charge in [-0.05, 0) is 26.7 Å². The second-order valence-electron chi connectivity index (χ2n) is 8.18. The van der Waals surface area contributed by atoms with Gasteiger partial charge in [-0.1, -0.05) is 6.92 Å². The van der Waals surface area contributed by atoms with Gasteiger partial charge in [0.15, 0.2) is 11.5 Å². The van der Waals surface area contributed by atoms with E-state index in [1.54, 1.807) is 26.2 Å². The number of rotatable bonds is 9. The summed E-state index contributed by atoms with van der Waals surface area (Å²) in [5, 5.41) is 7.53. The number of nitrogens with zero attached hydrogens (tertiary/aromatic N) is 7. The van der Waals surface area contributed by atoms with Gasteiger partial charge in [0.1, 0.15) is 12.4 Å². The highest BCUT2D eigenvalue weighted by Gasteiger charge is 2.34. The van der Waals surface area contributed by atoms with E-state index in [1.165, 1.54) is 25.1 Å². The predicted molar refractivity (Wildman–Crippen MR) is 125 cm³/mol. The maximum atomic E-state index is 13.4. The Bertz CT molecular complexity index is 1250. The van der Waals surface area contributed by atoms with E-state index in [1.807, 2.05) is 6.92 Å². The van der Waals surface area contributed by atoms with E-state index in [0.29, 0.717) is 24.5 Å². The minimum Gasteiger partial charge on any atom is -0.479 e. The fraction of sp³-hybridized carbons (Fsp3) is 0.524. The quantitative estimate of drug-likeness (QED) is 0.454. The fourth-order valence-corrected chi connectivity index (χ4v) is 5.03. The Morgan fingerprint density at radius 1 is 1.09 bits per heavy atom. The molecule has 0 saturated carbocycles. The van der Waals surface area contributed by atoms with Crippen molar-refractivity contribution >= 4 is 16.0 Å². The molecule has 0 unspecified atom stereocenters. The SMILES string of the molecule is COc1ncnc(OC)c1-n1c(NS(=O)(=O)[C@@H](C)[C@H](C)c2cnc(C)cn2)nnc1[C@H]1CCCO1. The summed E-state index contributed by atoms with van der Waals surface area (Å²) >= 11 is 0. The summed E-state index contributed by atoms with van der Waals surface area (Å²) in [7, 11) is -1.07. The molecule has 0 amide bonds. The molecule has 0 bridgehead atoms. The van der Waals surface area contributed by atoms with Crippen molar-refractivity contribution in [2.75, 3.05) is 25.5 Å². The van der Waals surface area contributed by atoms with E-state index in [4.69, 9.17) is 14.2 Å². The molecule has 3 aromatic heterocycles. The number of aryl methyl sites for hydroxylation is 1. The van der Waals surface area contributed by atoms with Crippen LogP contribution in [0.4, 0.5) is 5.95 Å². The van der Waals surface area contributed by atoms with Crippen LogP contribution in [0, 0.1) is 6.92 Å². The summed E-state index contributed by atoms with van der Waals surface area (Å²) in [5.74, 6) is 0.201. The number of sulfonamides is 1. The number of ether oxygens (including phenoxy) is 3. The molecule has 0 aliphatic carbocycles. The second kappa shape index (κ2) is 10.1. The molecule has 1 fully saturated rings. The molecule has 188 valence electrons. The normalized spacial score (nSPS) is 17.7. The fourth-order valence-electron chi connectivity index (χ4n) is 3.78. The second-order valence-corrected chi connectivity index (χ2v) is 10.2. The number of methoxy groups -OCH3 is 2. The summed E-state index contributed by atoms with van der Waals surface area (Å²) in [4.78, 5) is 16.9. The van der Waals surface area contributed by atoms with Crippen LogP contribution < -0.4 is 14.2 Å². The number of aromatic nitrogens is 7. The Balaban J connectivity index is 1.76. The minimum atomic E-state index is -3.96. The van der Waals surface area contributed by atoms with Crippen molar-refractivity contribution in [1.82, 2.24) is 34.7 Å². The summed E-state index contributed by atoms with van der Waals surface area (Å²) in [5.41, 5.74) is 1.57. The molecule has 1 saturated heterocycles. The van der Waals surface area contributed by atoms with Crippen molar-refractivity contribution in [2.24, 2.45) is 0 Å². The van der Waals surface area contributed by atoms with Gasteiger partial charge in [-0.3, -0.25) is 19.3 Å². The Morgan fingerprint density at radius 2 is 1.80 bits per heavy atom. The molecular weight excluding hydrogens is 476 g/mol. The first-order valence-corrected chi connectivity index (χ1v) is 12.6. The van der Waals surface area contributed by atoms with Gasteiger partial charge < -0.3 is 14.2 Å². The average Bonchev–Trinajstić information content (AvgIpc) is 3.52. The maximum Gasteiger partial charge on any atom is 0.245 e. The monoisotopic (exact) mass is 504 g/mol. The van der Waals surface area contributed by atoms with Crippen molar-refractivity contribution in [3.05, 3.63) is 35.9 Å². The van der Waals surface area contributed by atoms with Gasteiger partial charge in [0.2, 0.25) is 27.7 Å². The van der Waals surface area contributed by atoms with E-state index < -0.39 is 27.3 Å². The predicted octanol–water partition coefficient (Wildman–Crippen LogP) is 1.96. The largest absolute Gasteiger partial charge is 0.479 e. The Labute approximate surface area is 203 Å². The molecule has 4 heterocycles. The summed E-state index contributed by atoms with van der Waals surface area (Å²) in [6.45, 7) is 5.76. The third kappa shape index (κ3) is 4.89. The average molecular weight is 505 g/mol. The molecule has 1 N–H and O–H groups in total. The molecule has 0 spiro atoms. The molecule has 14 heteroatoms. The summed E-state index contributed by atoms with van der Waals surface area (Å²) in [6, 6.07) is 0. The molecule has 4 rings (SSSR count). The van der Waals surface area contributed by atoms with Gasteiger partial charge in [-0.25, -0.2) is 8.42 Å². The molecule has 3 aromatic rings. The van der Waals surface area contributed by atoms with Crippen LogP contribution >= 0.6 is 0 Å². The van der Waals surface area contributed by atoms with Crippen molar-refractivity contribution in [3.63, 3.8) is 0 Å². The molecular formula is C21H28N8O5S. The lowest BCUT2D eigenvalue weighted by Crippen LogP contribution is -2.31. The maximum absolute atomic E-state index is 13.4. The van der Waals surface area contributed by atoms with Crippen LogP contribution in [-0.2, 0) is 14.8 Å². The standard InChI is InChI=1S/C21H28N8O5S/c1-12-9-23-15(10-22-12)13(2)14(3)35(30,31)28-21-27-26-18(16-7-6-8-34-16)29(21)17-19(32-4)24-11-25-20(17)33-5/h9-11,13-14,16H,6-8H2,1-5H3,(H,27,28)/t13-,14-,16+/m0/s1. The highest BCUT2D eigenvalue weighted by atomic mass is 32.2. The minimum absolute atomic E-state index is 0.0593. The van der Waals surface area contributed by atoms with Gasteiger partial charge in [0.05, 0.1) is 30.9 Å². The first-order valence-electron chi connectivity index (χ1n) is 11.1. The van der Waals surface area contributed by atoms with Gasteiger partial charge in [0.25, 0.3) is 0 Å². The molecule has 1 aliphatic rings. The zero-order valence-corrected chi connectivity index (χ0v) is 21.0. The van der Waals surface area contributed by atoms with Gasteiger partial charge in [-0.15, -0.1) is 10.2 Å². The molecule has 0 aromatic carbocycles. The van der Waals surface area contributed by atoms with Crippen LogP contribution in [0.1, 0.15) is 55.9 Å². The first-order chi connectivity index (χ1) is 16.8. The molecule has 1 aliphatic heterocycles. The smallest absolute Gasteiger partial charge is 0.245 e. The van der Waals surface area contributed by atoms with E-state index in [9.17, 15) is 8.42 Å². The van der Waals surface area contributed by atoms with Gasteiger partial charge in [0, 0.05) is 24.9 Å². The topological polar surface area (TPSA) is 156 Å². The molecule has 0 radical (unpaired) electrons. The van der Waals surface area contributed by atoms with Crippen molar-refractivity contribution in [1.29, 1.82) is 0 Å². The lowest BCUT2D eigenvalue weighted by molar-refractivity contribution is 0.103. The Morgan fingerprint density at radius 3 is 2.37 bits per heavy atom. The van der Waals surface area contributed by atoms with Crippen molar-refractivity contribution in [2.45, 2.75) is 50.9 Å². The van der Waals surface area contributed by atoms with E-state index in [2.05, 4.69) is 34.9 Å². The van der Waals surface area contributed by atoms with Crippen LogP contribution in [0.5, 0.6) is 11.8 Å². The van der Waals surface area contributed by atoms with Crippen molar-refractivity contribution < 1.29 is 22.6 Å². The number of nitrogens with one attached hydrogen (secondary N) is 1. The first kappa shape index (κ1) is 24.7. The number of hydrogen-bond acceptors (Lipinski definition) is 11. The van der Waals surface area contributed by atoms with E-state index in [-0.39, 0.29) is 23.4 Å². The zero-order chi connectivity index (χ0) is 25.2. The van der Waals surface area contributed by atoms with E-state index >= 15 is 0 Å². The van der Waals surface area contributed by atoms with Crippen LogP contribution in [0.2, 0.25) is 0 Å². The number of anilines is 1. The van der Waals surface area contributed by atoms with Crippen LogP contribution in [0.3, 0.4) is 0 Å².